The zero-order valence-corrected chi connectivity index (χ0v) is 17.7. The molecule has 1 aromatic heterocycles. The van der Waals surface area contributed by atoms with E-state index in [1.54, 1.807) is 41.3 Å². The molecule has 0 spiro atoms. The summed E-state index contributed by atoms with van der Waals surface area (Å²) in [6.07, 6.45) is -0.118. The van der Waals surface area contributed by atoms with Crippen LogP contribution in [0.5, 0.6) is 5.75 Å². The molecule has 33 heavy (non-hydrogen) atoms. The first kappa shape index (κ1) is 22.3. The molecule has 0 aliphatic carbocycles. The van der Waals surface area contributed by atoms with Crippen LogP contribution in [-0.4, -0.2) is 67.8 Å². The Labute approximate surface area is 188 Å². The van der Waals surface area contributed by atoms with Gasteiger partial charge in [-0.1, -0.05) is 12.1 Å². The Bertz CT molecular complexity index is 1120. The zero-order valence-electron chi connectivity index (χ0n) is 17.7. The molecule has 1 aliphatic rings. The number of amides is 2. The Morgan fingerprint density at radius 1 is 1.18 bits per heavy atom. The lowest BCUT2D eigenvalue weighted by Gasteiger charge is -2.17. The van der Waals surface area contributed by atoms with Gasteiger partial charge in [0.05, 0.1) is 6.54 Å². The second-order valence-electron chi connectivity index (χ2n) is 7.81. The maximum atomic E-state index is 13.1. The van der Waals surface area contributed by atoms with Crippen molar-refractivity contribution < 1.29 is 23.8 Å². The van der Waals surface area contributed by atoms with Crippen molar-refractivity contribution in [2.75, 3.05) is 19.7 Å². The first-order valence-electron chi connectivity index (χ1n) is 10.4. The number of halogens is 1. The van der Waals surface area contributed by atoms with Gasteiger partial charge in [-0.15, -0.1) is 10.2 Å². The topological polar surface area (TPSA) is 136 Å². The predicted molar refractivity (Wildman–Crippen MR) is 114 cm³/mol. The van der Waals surface area contributed by atoms with Gasteiger partial charge in [0, 0.05) is 24.6 Å². The number of benzene rings is 2. The van der Waals surface area contributed by atoms with Gasteiger partial charge in [-0.25, -0.2) is 4.39 Å². The van der Waals surface area contributed by atoms with E-state index in [0.29, 0.717) is 24.4 Å². The third-order valence-electron chi connectivity index (χ3n) is 5.41. The van der Waals surface area contributed by atoms with Crippen molar-refractivity contribution in [1.29, 1.82) is 0 Å². The number of tetrazole rings is 1. The Hall–Kier alpha value is -3.86. The summed E-state index contributed by atoms with van der Waals surface area (Å²) in [5.74, 6) is -0.704. The van der Waals surface area contributed by atoms with Crippen LogP contribution in [0, 0.1) is 5.82 Å². The lowest BCUT2D eigenvalue weighted by molar-refractivity contribution is 0.0788. The maximum absolute atomic E-state index is 13.1. The second-order valence-corrected chi connectivity index (χ2v) is 7.81. The first-order chi connectivity index (χ1) is 15.9. The van der Waals surface area contributed by atoms with Crippen molar-refractivity contribution in [3.63, 3.8) is 0 Å². The van der Waals surface area contributed by atoms with Gasteiger partial charge in [0.1, 0.15) is 24.3 Å². The molecule has 11 heteroatoms. The number of primary amides is 1. The minimum Gasteiger partial charge on any atom is -0.491 e. The van der Waals surface area contributed by atoms with Crippen LogP contribution in [0.3, 0.4) is 0 Å². The van der Waals surface area contributed by atoms with Crippen molar-refractivity contribution in [3.05, 3.63) is 71.3 Å². The number of rotatable bonds is 8. The quantitative estimate of drug-likeness (QED) is 0.518. The molecule has 4 rings (SSSR count). The van der Waals surface area contributed by atoms with Gasteiger partial charge in [0.15, 0.2) is 0 Å². The van der Waals surface area contributed by atoms with E-state index in [0.717, 1.165) is 16.8 Å². The van der Waals surface area contributed by atoms with Gasteiger partial charge in [-0.3, -0.25) is 9.59 Å². The average molecular weight is 454 g/mol. The van der Waals surface area contributed by atoms with Crippen LogP contribution >= 0.6 is 0 Å². The van der Waals surface area contributed by atoms with Gasteiger partial charge in [0.2, 0.25) is 0 Å². The SMILES string of the molecule is NC(=O)c1nnn(C[C@@H](O)COc2ccc(C(=O)N3CC[C@H](c4ccc(F)cc4)C3)cc2)n1. The molecule has 3 aromatic rings. The molecule has 0 saturated carbocycles. The molecule has 1 fully saturated rings. The molecule has 172 valence electrons. The van der Waals surface area contributed by atoms with Crippen molar-refractivity contribution in [2.45, 2.75) is 25.0 Å². The number of nitrogens with two attached hydrogens (primary N) is 1. The van der Waals surface area contributed by atoms with Gasteiger partial charge >= 0.3 is 0 Å². The molecule has 1 aliphatic heterocycles. The molecular weight excluding hydrogens is 431 g/mol. The van der Waals surface area contributed by atoms with Crippen LogP contribution in [0.1, 0.15) is 38.9 Å². The molecule has 0 bridgehead atoms. The normalized spacial score (nSPS) is 16.5. The van der Waals surface area contributed by atoms with E-state index >= 15 is 0 Å². The molecule has 2 amide bonds. The minimum atomic E-state index is -0.950. The highest BCUT2D eigenvalue weighted by molar-refractivity contribution is 5.94. The number of aromatic nitrogens is 4. The van der Waals surface area contributed by atoms with E-state index < -0.39 is 12.0 Å². The Morgan fingerprint density at radius 3 is 2.58 bits per heavy atom. The molecule has 10 nitrogen and oxygen atoms in total. The number of nitrogens with zero attached hydrogens (tertiary/aromatic N) is 5. The Balaban J connectivity index is 1.27. The van der Waals surface area contributed by atoms with Crippen molar-refractivity contribution in [1.82, 2.24) is 25.1 Å². The van der Waals surface area contributed by atoms with Gasteiger partial charge in [-0.05, 0) is 53.6 Å². The van der Waals surface area contributed by atoms with E-state index in [4.69, 9.17) is 10.5 Å². The first-order valence-corrected chi connectivity index (χ1v) is 10.4. The highest BCUT2D eigenvalue weighted by atomic mass is 19.1. The molecule has 0 radical (unpaired) electrons. The number of ether oxygens (including phenoxy) is 1. The smallest absolute Gasteiger partial charge is 0.290 e. The lowest BCUT2D eigenvalue weighted by Crippen LogP contribution is -2.28. The molecular formula is C22H23FN6O4. The fourth-order valence-electron chi connectivity index (χ4n) is 3.68. The summed E-state index contributed by atoms with van der Waals surface area (Å²) in [5.41, 5.74) is 6.62. The van der Waals surface area contributed by atoms with Gasteiger partial charge in [-0.2, -0.15) is 4.80 Å². The largest absolute Gasteiger partial charge is 0.491 e. The van der Waals surface area contributed by atoms with Crippen LogP contribution in [0.2, 0.25) is 0 Å². The summed E-state index contributed by atoms with van der Waals surface area (Å²) in [6.45, 7) is 1.15. The summed E-state index contributed by atoms with van der Waals surface area (Å²) >= 11 is 0. The third kappa shape index (κ3) is 5.50. The van der Waals surface area contributed by atoms with Crippen molar-refractivity contribution >= 4 is 11.8 Å². The Morgan fingerprint density at radius 2 is 1.91 bits per heavy atom. The van der Waals surface area contributed by atoms with Crippen LogP contribution in [-0.2, 0) is 6.54 Å². The molecule has 2 heterocycles. The van der Waals surface area contributed by atoms with Gasteiger partial charge in [0.25, 0.3) is 17.6 Å². The summed E-state index contributed by atoms with van der Waals surface area (Å²) in [5, 5.41) is 20.9. The average Bonchev–Trinajstić information content (AvgIpc) is 3.48. The van der Waals surface area contributed by atoms with E-state index in [1.807, 2.05) is 0 Å². The lowest BCUT2D eigenvalue weighted by atomic mass is 9.99. The number of aliphatic hydroxyl groups is 1. The highest BCUT2D eigenvalue weighted by Crippen LogP contribution is 2.28. The summed E-state index contributed by atoms with van der Waals surface area (Å²) in [6, 6.07) is 13.1. The summed E-state index contributed by atoms with van der Waals surface area (Å²) in [7, 11) is 0. The second kappa shape index (κ2) is 9.74. The fourth-order valence-corrected chi connectivity index (χ4v) is 3.68. The van der Waals surface area contributed by atoms with Crippen LogP contribution in [0.4, 0.5) is 4.39 Å². The summed E-state index contributed by atoms with van der Waals surface area (Å²) in [4.78, 5) is 26.7. The molecule has 3 N–H and O–H groups in total. The van der Waals surface area contributed by atoms with E-state index in [9.17, 15) is 19.1 Å². The highest BCUT2D eigenvalue weighted by Gasteiger charge is 2.28. The van der Waals surface area contributed by atoms with Crippen LogP contribution < -0.4 is 10.5 Å². The molecule has 2 atom stereocenters. The molecule has 0 unspecified atom stereocenters. The fraction of sp³-hybridized carbons (Fsp3) is 0.318. The Kier molecular flexibility index (Phi) is 6.59. The van der Waals surface area contributed by atoms with E-state index in [1.165, 1.54) is 12.1 Å². The standard InChI is InChI=1S/C22H23FN6O4/c23-17-5-1-14(2-6-17)16-9-10-28(11-16)22(32)15-3-7-19(8-4-15)33-13-18(30)12-29-26-21(20(24)31)25-27-29/h1-8,16,18,30H,9-13H2,(H2,24,31)/t16-,18+/m0/s1. The van der Waals surface area contributed by atoms with Gasteiger partial charge < -0.3 is 20.5 Å². The van der Waals surface area contributed by atoms with E-state index in [-0.39, 0.29) is 36.6 Å². The van der Waals surface area contributed by atoms with Crippen molar-refractivity contribution in [3.8, 4) is 5.75 Å². The van der Waals surface area contributed by atoms with Crippen LogP contribution in [0.15, 0.2) is 48.5 Å². The zero-order chi connectivity index (χ0) is 23.4. The monoisotopic (exact) mass is 454 g/mol. The van der Waals surface area contributed by atoms with Crippen molar-refractivity contribution in [2.24, 2.45) is 5.73 Å². The molecule has 1 saturated heterocycles. The number of likely N-dealkylation sites (tertiary alicyclic amines) is 1. The third-order valence-corrected chi connectivity index (χ3v) is 5.41. The van der Waals surface area contributed by atoms with Crippen LogP contribution in [0.25, 0.3) is 0 Å². The number of aliphatic hydroxyl groups excluding tert-OH is 1. The number of carbonyl (C=O) groups excluding carboxylic acids is 2. The summed E-state index contributed by atoms with van der Waals surface area (Å²) < 4.78 is 18.7. The van der Waals surface area contributed by atoms with E-state index in [2.05, 4.69) is 15.4 Å². The number of carbonyl (C=O) groups is 2. The number of hydrogen-bond donors (Lipinski definition) is 2. The predicted octanol–water partition coefficient (Wildman–Crippen LogP) is 0.981. The molecule has 2 aromatic carbocycles. The number of hydrogen-bond acceptors (Lipinski definition) is 7. The minimum absolute atomic E-state index is 0.0268. The maximum Gasteiger partial charge on any atom is 0.290 e.